The van der Waals surface area contributed by atoms with Crippen LogP contribution in [0.25, 0.3) is 0 Å². The van der Waals surface area contributed by atoms with Gasteiger partial charge in [0.15, 0.2) is 0 Å². The third-order valence-corrected chi connectivity index (χ3v) is 1.83. The molecule has 3 nitrogen and oxygen atoms in total. The van der Waals surface area contributed by atoms with Crippen LogP contribution >= 0.6 is 12.4 Å². The number of esters is 1. The van der Waals surface area contributed by atoms with Crippen LogP contribution in [0, 0.1) is 12.3 Å². The number of carbonyl (C=O) groups excluding carboxylic acids is 1. The van der Waals surface area contributed by atoms with Crippen LogP contribution < -0.4 is 5.32 Å². The Morgan fingerprint density at radius 1 is 1.67 bits per heavy atom. The summed E-state index contributed by atoms with van der Waals surface area (Å²) < 4.78 is 4.56. The Morgan fingerprint density at radius 3 is 2.75 bits per heavy atom. The number of halogens is 1. The summed E-state index contributed by atoms with van der Waals surface area (Å²) in [4.78, 5) is 10.9. The predicted molar refractivity (Wildman–Crippen MR) is 48.0 cm³/mol. The molecule has 1 heterocycles. The summed E-state index contributed by atoms with van der Waals surface area (Å²) in [7, 11) is 1.38. The molecule has 1 aliphatic rings. The van der Waals surface area contributed by atoms with Gasteiger partial charge in [-0.25, -0.2) is 0 Å². The van der Waals surface area contributed by atoms with Gasteiger partial charge in [0.1, 0.15) is 6.04 Å². The second kappa shape index (κ2) is 5.02. The zero-order chi connectivity index (χ0) is 8.27. The molecule has 0 bridgehead atoms. The second-order valence-corrected chi connectivity index (χ2v) is 2.54. The Balaban J connectivity index is 0.00000121. The van der Waals surface area contributed by atoms with Gasteiger partial charge in [-0.05, 0) is 12.8 Å². The Labute approximate surface area is 78.3 Å². The van der Waals surface area contributed by atoms with E-state index in [0.29, 0.717) is 0 Å². The molecule has 1 rings (SSSR count). The summed E-state index contributed by atoms with van der Waals surface area (Å²) in [6, 6.07) is -0.153. The lowest BCUT2D eigenvalue weighted by atomic mass is 10.2. The average molecular weight is 190 g/mol. The summed E-state index contributed by atoms with van der Waals surface area (Å²) >= 11 is 0. The van der Waals surface area contributed by atoms with Crippen LogP contribution in [0.5, 0.6) is 0 Å². The van der Waals surface area contributed by atoms with E-state index in [4.69, 9.17) is 6.42 Å². The number of rotatable bonds is 1. The molecule has 0 aliphatic carbocycles. The number of carbonyl (C=O) groups is 1. The van der Waals surface area contributed by atoms with Crippen LogP contribution in [-0.4, -0.2) is 25.2 Å². The lowest BCUT2D eigenvalue weighted by Gasteiger charge is -2.07. The Bertz CT molecular complexity index is 200. The van der Waals surface area contributed by atoms with Crippen molar-refractivity contribution in [1.82, 2.24) is 5.32 Å². The molecule has 4 heteroatoms. The Morgan fingerprint density at radius 2 is 2.33 bits per heavy atom. The van der Waals surface area contributed by atoms with Crippen LogP contribution in [0.2, 0.25) is 0 Å². The molecule has 68 valence electrons. The fraction of sp³-hybridized carbons (Fsp3) is 0.625. The van der Waals surface area contributed by atoms with Crippen LogP contribution in [0.4, 0.5) is 0 Å². The highest BCUT2D eigenvalue weighted by Crippen LogP contribution is 2.12. The third kappa shape index (κ3) is 2.40. The minimum atomic E-state index is -0.220. The van der Waals surface area contributed by atoms with Gasteiger partial charge < -0.3 is 4.74 Å². The number of hydrogen-bond acceptors (Lipinski definition) is 3. The normalized spacial score (nSPS) is 27.0. The van der Waals surface area contributed by atoms with Crippen molar-refractivity contribution < 1.29 is 9.53 Å². The van der Waals surface area contributed by atoms with Crippen molar-refractivity contribution in [2.24, 2.45) is 0 Å². The van der Waals surface area contributed by atoms with E-state index in [0.717, 1.165) is 12.8 Å². The van der Waals surface area contributed by atoms with E-state index < -0.39 is 0 Å². The van der Waals surface area contributed by atoms with E-state index in [1.54, 1.807) is 0 Å². The molecule has 0 aromatic rings. The fourth-order valence-corrected chi connectivity index (χ4v) is 1.20. The fourth-order valence-electron chi connectivity index (χ4n) is 1.20. The van der Waals surface area contributed by atoms with Crippen LogP contribution in [-0.2, 0) is 9.53 Å². The van der Waals surface area contributed by atoms with E-state index in [-0.39, 0.29) is 30.5 Å². The van der Waals surface area contributed by atoms with Gasteiger partial charge in [0, 0.05) is 0 Å². The maximum absolute atomic E-state index is 10.9. The van der Waals surface area contributed by atoms with Crippen molar-refractivity contribution in [3.63, 3.8) is 0 Å². The molecule has 1 N–H and O–H groups in total. The highest BCUT2D eigenvalue weighted by Gasteiger charge is 2.28. The maximum Gasteiger partial charge on any atom is 0.322 e. The zero-order valence-corrected chi connectivity index (χ0v) is 7.69. The number of ether oxygens (including phenoxy) is 1. The topological polar surface area (TPSA) is 38.3 Å². The monoisotopic (exact) mass is 189 g/mol. The van der Waals surface area contributed by atoms with Crippen LogP contribution in [0.15, 0.2) is 0 Å². The molecule has 2 atom stereocenters. The molecule has 1 aliphatic heterocycles. The quantitative estimate of drug-likeness (QED) is 0.478. The molecule has 0 radical (unpaired) electrons. The Kier molecular flexibility index (Phi) is 4.72. The lowest BCUT2D eigenvalue weighted by Crippen LogP contribution is -2.35. The maximum atomic E-state index is 10.9. The van der Waals surface area contributed by atoms with E-state index >= 15 is 0 Å². The Hall–Kier alpha value is -0.720. The molecule has 0 spiro atoms. The van der Waals surface area contributed by atoms with E-state index in [9.17, 15) is 4.79 Å². The largest absolute Gasteiger partial charge is 0.468 e. The van der Waals surface area contributed by atoms with E-state index in [1.807, 2.05) is 0 Å². The van der Waals surface area contributed by atoms with Gasteiger partial charge in [-0.3, -0.25) is 10.1 Å². The number of hydrogen-bond donors (Lipinski definition) is 1. The van der Waals surface area contributed by atoms with Gasteiger partial charge in [-0.1, -0.05) is 5.92 Å². The van der Waals surface area contributed by atoms with Crippen molar-refractivity contribution in [2.75, 3.05) is 7.11 Å². The molecule has 1 fully saturated rings. The van der Waals surface area contributed by atoms with Gasteiger partial charge >= 0.3 is 5.97 Å². The summed E-state index contributed by atoms with van der Waals surface area (Å²) in [6.45, 7) is 0. The van der Waals surface area contributed by atoms with E-state index in [2.05, 4.69) is 16.0 Å². The number of terminal acetylenes is 1. The molecular formula is C8H12ClNO2. The molecular weight excluding hydrogens is 178 g/mol. The minimum Gasteiger partial charge on any atom is -0.468 e. The van der Waals surface area contributed by atoms with Gasteiger partial charge in [0.2, 0.25) is 0 Å². The van der Waals surface area contributed by atoms with Gasteiger partial charge in [-0.15, -0.1) is 18.8 Å². The number of nitrogens with one attached hydrogen (secondary N) is 1. The molecule has 0 amide bonds. The zero-order valence-electron chi connectivity index (χ0n) is 6.87. The van der Waals surface area contributed by atoms with Gasteiger partial charge in [0.05, 0.1) is 13.2 Å². The SMILES string of the molecule is C#CC1CCC(C(=O)OC)N1.Cl. The molecule has 2 unspecified atom stereocenters. The second-order valence-electron chi connectivity index (χ2n) is 2.54. The summed E-state index contributed by atoms with van der Waals surface area (Å²) in [5, 5.41) is 2.98. The molecule has 0 aromatic heterocycles. The summed E-state index contributed by atoms with van der Waals surface area (Å²) in [5.41, 5.74) is 0. The number of methoxy groups -OCH3 is 1. The summed E-state index contributed by atoms with van der Waals surface area (Å²) in [6.07, 6.45) is 6.81. The van der Waals surface area contributed by atoms with Gasteiger partial charge in [0.25, 0.3) is 0 Å². The summed E-state index contributed by atoms with van der Waals surface area (Å²) in [5.74, 6) is 2.33. The highest BCUT2D eigenvalue weighted by atomic mass is 35.5. The first kappa shape index (κ1) is 11.3. The van der Waals surface area contributed by atoms with E-state index in [1.165, 1.54) is 7.11 Å². The lowest BCUT2D eigenvalue weighted by molar-refractivity contribution is -0.142. The average Bonchev–Trinajstić information content (AvgIpc) is 2.50. The van der Waals surface area contributed by atoms with Crippen molar-refractivity contribution >= 4 is 18.4 Å². The third-order valence-electron chi connectivity index (χ3n) is 1.83. The van der Waals surface area contributed by atoms with Crippen molar-refractivity contribution in [3.05, 3.63) is 0 Å². The standard InChI is InChI=1S/C8H11NO2.ClH/c1-3-6-4-5-7(9-6)8(10)11-2;/h1,6-7,9H,4-5H2,2H3;1H. The van der Waals surface area contributed by atoms with Gasteiger partial charge in [-0.2, -0.15) is 0 Å². The van der Waals surface area contributed by atoms with Crippen LogP contribution in [0.3, 0.4) is 0 Å². The highest BCUT2D eigenvalue weighted by molar-refractivity contribution is 5.85. The molecule has 1 saturated heterocycles. The molecule has 12 heavy (non-hydrogen) atoms. The minimum absolute atomic E-state index is 0. The van der Waals surface area contributed by atoms with Crippen molar-refractivity contribution in [2.45, 2.75) is 24.9 Å². The first-order valence-electron chi connectivity index (χ1n) is 3.58. The van der Waals surface area contributed by atoms with Crippen molar-refractivity contribution in [1.29, 1.82) is 0 Å². The molecule has 0 aromatic carbocycles. The molecule has 0 saturated carbocycles. The smallest absolute Gasteiger partial charge is 0.322 e. The van der Waals surface area contributed by atoms with Crippen LogP contribution in [0.1, 0.15) is 12.8 Å². The first-order valence-corrected chi connectivity index (χ1v) is 3.58. The predicted octanol–water partition coefficient (Wildman–Crippen LogP) is 0.335. The first-order chi connectivity index (χ1) is 5.27. The van der Waals surface area contributed by atoms with Crippen molar-refractivity contribution in [3.8, 4) is 12.3 Å².